The molecule has 1 saturated carbocycles. The second kappa shape index (κ2) is 6.56. The van der Waals surface area contributed by atoms with Crippen LogP contribution < -0.4 is 10.6 Å². The maximum Gasteiger partial charge on any atom is 0.287 e. The number of carbonyl (C=O) groups excluding carboxylic acids is 2. The van der Waals surface area contributed by atoms with Gasteiger partial charge in [-0.2, -0.15) is 0 Å². The Morgan fingerprint density at radius 1 is 1.30 bits per heavy atom. The van der Waals surface area contributed by atoms with Crippen LogP contribution in [0.15, 0.2) is 22.8 Å². The van der Waals surface area contributed by atoms with Gasteiger partial charge in [-0.3, -0.25) is 9.59 Å². The second-order valence-corrected chi connectivity index (χ2v) is 5.21. The fourth-order valence-corrected chi connectivity index (χ4v) is 2.55. The van der Waals surface area contributed by atoms with E-state index in [-0.39, 0.29) is 24.8 Å². The normalized spacial score (nSPS) is 17.4. The maximum absolute atomic E-state index is 11.9. The molecule has 1 aromatic rings. The van der Waals surface area contributed by atoms with E-state index in [1.165, 1.54) is 12.3 Å². The quantitative estimate of drug-likeness (QED) is 0.744. The van der Waals surface area contributed by atoms with Gasteiger partial charge < -0.3 is 20.2 Å². The molecule has 1 heterocycles. The fourth-order valence-electron chi connectivity index (χ4n) is 2.55. The van der Waals surface area contributed by atoms with Gasteiger partial charge >= 0.3 is 0 Å². The van der Waals surface area contributed by atoms with Crippen LogP contribution in [0.1, 0.15) is 42.7 Å². The summed E-state index contributed by atoms with van der Waals surface area (Å²) in [5.41, 5.74) is -0.523. The summed E-state index contributed by atoms with van der Waals surface area (Å²) < 4.78 is 4.93. The van der Waals surface area contributed by atoms with Crippen LogP contribution in [0.2, 0.25) is 0 Å². The molecule has 1 aromatic heterocycles. The van der Waals surface area contributed by atoms with E-state index in [0.717, 1.165) is 32.1 Å². The van der Waals surface area contributed by atoms with Gasteiger partial charge in [-0.25, -0.2) is 0 Å². The highest BCUT2D eigenvalue weighted by atomic mass is 16.3. The first-order valence-electron chi connectivity index (χ1n) is 6.89. The van der Waals surface area contributed by atoms with Crippen LogP contribution in [-0.2, 0) is 4.79 Å². The van der Waals surface area contributed by atoms with Crippen LogP contribution in [0.5, 0.6) is 0 Å². The second-order valence-electron chi connectivity index (χ2n) is 5.21. The first-order chi connectivity index (χ1) is 9.65. The van der Waals surface area contributed by atoms with E-state index in [2.05, 4.69) is 10.6 Å². The number of amides is 2. The zero-order chi connectivity index (χ0) is 14.4. The molecule has 1 aliphatic rings. The minimum atomic E-state index is -0.523. The lowest BCUT2D eigenvalue weighted by molar-refractivity contribution is -0.123. The first kappa shape index (κ1) is 14.6. The van der Waals surface area contributed by atoms with E-state index < -0.39 is 11.4 Å². The lowest BCUT2D eigenvalue weighted by Gasteiger charge is -2.36. The molecule has 1 fully saturated rings. The largest absolute Gasteiger partial charge is 0.459 e. The molecule has 0 atom stereocenters. The van der Waals surface area contributed by atoms with E-state index in [1.54, 1.807) is 6.07 Å². The van der Waals surface area contributed by atoms with Gasteiger partial charge in [0.05, 0.1) is 25.0 Å². The Morgan fingerprint density at radius 2 is 2.05 bits per heavy atom. The van der Waals surface area contributed by atoms with E-state index in [0.29, 0.717) is 0 Å². The molecule has 3 N–H and O–H groups in total. The van der Waals surface area contributed by atoms with Crippen LogP contribution in [0.25, 0.3) is 0 Å². The average molecular weight is 280 g/mol. The number of nitrogens with one attached hydrogen (secondary N) is 2. The molecule has 1 aliphatic carbocycles. The molecule has 2 amide bonds. The molecule has 2 rings (SSSR count). The zero-order valence-corrected chi connectivity index (χ0v) is 11.4. The van der Waals surface area contributed by atoms with Crippen molar-refractivity contribution in [1.82, 2.24) is 10.6 Å². The summed E-state index contributed by atoms with van der Waals surface area (Å²) in [6.45, 7) is -0.188. The van der Waals surface area contributed by atoms with Gasteiger partial charge in [0, 0.05) is 0 Å². The van der Waals surface area contributed by atoms with Crippen molar-refractivity contribution >= 4 is 11.8 Å². The van der Waals surface area contributed by atoms with Crippen molar-refractivity contribution in [1.29, 1.82) is 0 Å². The summed E-state index contributed by atoms with van der Waals surface area (Å²) in [6.07, 6.45) is 6.09. The lowest BCUT2D eigenvalue weighted by Crippen LogP contribution is -2.54. The summed E-state index contributed by atoms with van der Waals surface area (Å²) in [7, 11) is 0. The van der Waals surface area contributed by atoms with E-state index in [4.69, 9.17) is 4.42 Å². The summed E-state index contributed by atoms with van der Waals surface area (Å²) >= 11 is 0. The van der Waals surface area contributed by atoms with Crippen molar-refractivity contribution in [3.8, 4) is 0 Å². The number of hydrogen-bond donors (Lipinski definition) is 3. The average Bonchev–Trinajstić information content (AvgIpc) is 3.00. The summed E-state index contributed by atoms with van der Waals surface area (Å²) in [4.78, 5) is 23.5. The third kappa shape index (κ3) is 3.60. The Balaban J connectivity index is 1.81. The van der Waals surface area contributed by atoms with Gasteiger partial charge in [0.25, 0.3) is 5.91 Å². The molecular formula is C14H20N2O4. The molecule has 0 bridgehead atoms. The van der Waals surface area contributed by atoms with Gasteiger partial charge in [-0.1, -0.05) is 19.3 Å². The molecule has 0 aliphatic heterocycles. The highest BCUT2D eigenvalue weighted by Gasteiger charge is 2.32. The zero-order valence-electron chi connectivity index (χ0n) is 11.4. The fraction of sp³-hybridized carbons (Fsp3) is 0.571. The predicted molar refractivity (Wildman–Crippen MR) is 72.1 cm³/mol. The van der Waals surface area contributed by atoms with Gasteiger partial charge in [0.2, 0.25) is 5.91 Å². The van der Waals surface area contributed by atoms with Crippen molar-refractivity contribution in [2.45, 2.75) is 37.6 Å². The van der Waals surface area contributed by atoms with Crippen LogP contribution in [0.3, 0.4) is 0 Å². The molecule has 0 radical (unpaired) electrons. The van der Waals surface area contributed by atoms with E-state index >= 15 is 0 Å². The minimum Gasteiger partial charge on any atom is -0.459 e. The van der Waals surface area contributed by atoms with Crippen LogP contribution in [0, 0.1) is 0 Å². The highest BCUT2D eigenvalue weighted by molar-refractivity contribution is 5.94. The van der Waals surface area contributed by atoms with Crippen LogP contribution in [0.4, 0.5) is 0 Å². The molecule has 110 valence electrons. The lowest BCUT2D eigenvalue weighted by atomic mass is 9.82. The molecule has 6 nitrogen and oxygen atoms in total. The van der Waals surface area contributed by atoms with Crippen molar-refractivity contribution in [2.24, 2.45) is 0 Å². The smallest absolute Gasteiger partial charge is 0.287 e. The molecule has 0 unspecified atom stereocenters. The molecule has 0 saturated heterocycles. The van der Waals surface area contributed by atoms with Gasteiger partial charge in [-0.15, -0.1) is 0 Å². The van der Waals surface area contributed by atoms with Crippen molar-refractivity contribution in [3.05, 3.63) is 24.2 Å². The Morgan fingerprint density at radius 3 is 2.65 bits per heavy atom. The van der Waals surface area contributed by atoms with Crippen LogP contribution in [-0.4, -0.2) is 35.6 Å². The summed E-state index contributed by atoms with van der Waals surface area (Å²) in [5, 5.41) is 14.8. The molecule has 0 aromatic carbocycles. The number of carbonyl (C=O) groups is 2. The van der Waals surface area contributed by atoms with Crippen LogP contribution >= 0.6 is 0 Å². The Hall–Kier alpha value is -1.82. The number of aliphatic hydroxyl groups excluding tert-OH is 1. The Labute approximate surface area is 117 Å². The number of furan rings is 1. The van der Waals surface area contributed by atoms with Gasteiger partial charge in [0.1, 0.15) is 0 Å². The third-order valence-corrected chi connectivity index (χ3v) is 3.67. The third-order valence-electron chi connectivity index (χ3n) is 3.67. The van der Waals surface area contributed by atoms with Crippen molar-refractivity contribution in [2.75, 3.05) is 13.2 Å². The molecular weight excluding hydrogens is 260 g/mol. The first-order valence-corrected chi connectivity index (χ1v) is 6.89. The number of aliphatic hydroxyl groups is 1. The Kier molecular flexibility index (Phi) is 4.79. The summed E-state index contributed by atoms with van der Waals surface area (Å²) in [5.74, 6) is -0.542. The van der Waals surface area contributed by atoms with Gasteiger partial charge in [0.15, 0.2) is 5.76 Å². The molecule has 20 heavy (non-hydrogen) atoms. The number of hydrogen-bond acceptors (Lipinski definition) is 4. The predicted octanol–water partition coefficient (Wildman–Crippen LogP) is 0.821. The molecule has 0 spiro atoms. The summed E-state index contributed by atoms with van der Waals surface area (Å²) in [6, 6.07) is 3.14. The van der Waals surface area contributed by atoms with E-state index in [9.17, 15) is 14.7 Å². The monoisotopic (exact) mass is 280 g/mol. The van der Waals surface area contributed by atoms with Gasteiger partial charge in [-0.05, 0) is 25.0 Å². The Bertz CT molecular complexity index is 450. The van der Waals surface area contributed by atoms with Crippen molar-refractivity contribution < 1.29 is 19.1 Å². The minimum absolute atomic E-state index is 0.0646. The maximum atomic E-state index is 11.9. The highest BCUT2D eigenvalue weighted by Crippen LogP contribution is 2.27. The topological polar surface area (TPSA) is 91.6 Å². The van der Waals surface area contributed by atoms with E-state index in [1.807, 2.05) is 0 Å². The molecule has 6 heteroatoms. The SMILES string of the molecule is O=C(CNC(=O)c1ccco1)NC1(CO)CCCCC1. The van der Waals surface area contributed by atoms with Crippen molar-refractivity contribution in [3.63, 3.8) is 0 Å². The standard InChI is InChI=1S/C14H20N2O4/c17-10-14(6-2-1-3-7-14)16-12(18)9-15-13(19)11-5-4-8-20-11/h4-5,8,17H,1-3,6-7,9-10H2,(H,15,19)(H,16,18). The number of rotatable bonds is 5.